The topological polar surface area (TPSA) is 91.4 Å². The smallest absolute Gasteiger partial charge is 0.141 e. The summed E-state index contributed by atoms with van der Waals surface area (Å²) in [6, 6.07) is 9.85. The third-order valence-electron chi connectivity index (χ3n) is 3.06. The molecule has 0 bridgehead atoms. The van der Waals surface area contributed by atoms with Crippen molar-refractivity contribution in [2.24, 2.45) is 5.73 Å². The Balaban J connectivity index is 2.07. The van der Waals surface area contributed by atoms with Crippen LogP contribution in [-0.2, 0) is 6.42 Å². The van der Waals surface area contributed by atoms with Crippen molar-refractivity contribution in [3.63, 3.8) is 0 Å². The number of nitrogens with two attached hydrogens (primary N) is 1. The second kappa shape index (κ2) is 4.53. The van der Waals surface area contributed by atoms with Gasteiger partial charge in [-0.3, -0.25) is 15.5 Å². The number of hydrogen-bond acceptors (Lipinski definition) is 3. The molecule has 19 heavy (non-hydrogen) atoms. The molecule has 0 aliphatic heterocycles. The summed E-state index contributed by atoms with van der Waals surface area (Å²) < 4.78 is 0. The molecule has 0 aliphatic carbocycles. The van der Waals surface area contributed by atoms with Gasteiger partial charge in [-0.15, -0.1) is 0 Å². The second-order valence-electron chi connectivity index (χ2n) is 4.36. The highest BCUT2D eigenvalue weighted by atomic mass is 15.1. The summed E-state index contributed by atoms with van der Waals surface area (Å²) in [5, 5.41) is 15.5. The van der Waals surface area contributed by atoms with Crippen LogP contribution in [0.3, 0.4) is 0 Å². The van der Waals surface area contributed by atoms with E-state index in [0.717, 1.165) is 28.5 Å². The van der Waals surface area contributed by atoms with Gasteiger partial charge < -0.3 is 5.73 Å². The molecule has 0 saturated heterocycles. The molecule has 0 atom stereocenters. The minimum absolute atomic E-state index is 0.000952. The number of rotatable bonds is 3. The van der Waals surface area contributed by atoms with Gasteiger partial charge in [-0.25, -0.2) is 0 Å². The number of amidine groups is 1. The van der Waals surface area contributed by atoms with E-state index in [-0.39, 0.29) is 5.84 Å². The second-order valence-corrected chi connectivity index (χ2v) is 4.36. The fourth-order valence-electron chi connectivity index (χ4n) is 2.17. The molecule has 1 aromatic carbocycles. The summed E-state index contributed by atoms with van der Waals surface area (Å²) >= 11 is 0. The number of para-hydroxylation sites is 1. The van der Waals surface area contributed by atoms with Gasteiger partial charge in [0.15, 0.2) is 0 Å². The Kier molecular flexibility index (Phi) is 2.72. The zero-order chi connectivity index (χ0) is 13.2. The largest absolute Gasteiger partial charge is 0.382 e. The van der Waals surface area contributed by atoms with E-state index in [4.69, 9.17) is 11.1 Å². The number of benzene rings is 1. The summed E-state index contributed by atoms with van der Waals surface area (Å²) in [5.74, 6) is 0.000952. The van der Waals surface area contributed by atoms with Gasteiger partial charge in [0.05, 0.1) is 5.52 Å². The normalized spacial score (nSPS) is 10.7. The summed E-state index contributed by atoms with van der Waals surface area (Å²) in [6.07, 6.45) is 4.36. The third kappa shape index (κ3) is 2.06. The third-order valence-corrected chi connectivity index (χ3v) is 3.06. The summed E-state index contributed by atoms with van der Waals surface area (Å²) in [5.41, 5.74) is 9.18. The number of aromatic nitrogens is 3. The Morgan fingerprint density at radius 2 is 2.16 bits per heavy atom. The van der Waals surface area contributed by atoms with Crippen LogP contribution < -0.4 is 5.73 Å². The van der Waals surface area contributed by atoms with Crippen LogP contribution in [0, 0.1) is 5.41 Å². The zero-order valence-electron chi connectivity index (χ0n) is 10.2. The van der Waals surface area contributed by atoms with Gasteiger partial charge in [-0.2, -0.15) is 5.10 Å². The Labute approximate surface area is 110 Å². The Morgan fingerprint density at radius 1 is 1.26 bits per heavy atom. The maximum Gasteiger partial charge on any atom is 0.141 e. The standard InChI is InChI=1S/C14H13N5/c15-14(16)13-11-5-1-4-10(12(11)18-19-13)7-9-3-2-6-17-8-9/h1-6,8H,7H2,(H3,15,16)(H,18,19). The molecule has 5 nitrogen and oxygen atoms in total. The average Bonchev–Trinajstić information content (AvgIpc) is 2.85. The minimum atomic E-state index is 0.000952. The lowest BCUT2D eigenvalue weighted by molar-refractivity contribution is 1.08. The molecule has 3 aromatic rings. The summed E-state index contributed by atoms with van der Waals surface area (Å²) in [6.45, 7) is 0. The van der Waals surface area contributed by atoms with Crippen molar-refractivity contribution in [2.75, 3.05) is 0 Å². The van der Waals surface area contributed by atoms with Crippen LogP contribution >= 0.6 is 0 Å². The number of hydrogen-bond donors (Lipinski definition) is 3. The van der Waals surface area contributed by atoms with Crippen molar-refractivity contribution < 1.29 is 0 Å². The number of H-pyrrole nitrogens is 1. The quantitative estimate of drug-likeness (QED) is 0.490. The number of nitrogens with one attached hydrogen (secondary N) is 2. The van der Waals surface area contributed by atoms with Crippen LogP contribution in [0.4, 0.5) is 0 Å². The molecule has 94 valence electrons. The van der Waals surface area contributed by atoms with Gasteiger partial charge >= 0.3 is 0 Å². The molecule has 5 heteroatoms. The van der Waals surface area contributed by atoms with Gasteiger partial charge in [0.1, 0.15) is 11.5 Å². The molecular formula is C14H13N5. The number of nitrogens with zero attached hydrogens (tertiary/aromatic N) is 2. The highest BCUT2D eigenvalue weighted by molar-refractivity contribution is 6.05. The Morgan fingerprint density at radius 3 is 2.89 bits per heavy atom. The molecule has 0 unspecified atom stereocenters. The predicted octanol–water partition coefficient (Wildman–Crippen LogP) is 1.83. The maximum atomic E-state index is 7.52. The van der Waals surface area contributed by atoms with Crippen molar-refractivity contribution in [1.82, 2.24) is 15.2 Å². The first-order valence-corrected chi connectivity index (χ1v) is 5.95. The number of aromatic amines is 1. The number of nitrogen functional groups attached to an aromatic ring is 1. The van der Waals surface area contributed by atoms with E-state index < -0.39 is 0 Å². The van der Waals surface area contributed by atoms with Crippen molar-refractivity contribution in [2.45, 2.75) is 6.42 Å². The van der Waals surface area contributed by atoms with Crippen molar-refractivity contribution in [1.29, 1.82) is 5.41 Å². The molecule has 3 rings (SSSR count). The van der Waals surface area contributed by atoms with Crippen LogP contribution in [0.1, 0.15) is 16.8 Å². The average molecular weight is 251 g/mol. The van der Waals surface area contributed by atoms with E-state index in [1.165, 1.54) is 0 Å². The van der Waals surface area contributed by atoms with Gasteiger partial charge in [-0.05, 0) is 17.2 Å². The lowest BCUT2D eigenvalue weighted by Gasteiger charge is -2.02. The molecule has 0 spiro atoms. The molecular weight excluding hydrogens is 238 g/mol. The molecule has 0 fully saturated rings. The van der Waals surface area contributed by atoms with E-state index >= 15 is 0 Å². The van der Waals surface area contributed by atoms with E-state index in [1.807, 2.05) is 36.5 Å². The summed E-state index contributed by atoms with van der Waals surface area (Å²) in [4.78, 5) is 4.11. The molecule has 2 heterocycles. The van der Waals surface area contributed by atoms with Crippen molar-refractivity contribution in [3.8, 4) is 0 Å². The lowest BCUT2D eigenvalue weighted by Crippen LogP contribution is -2.11. The zero-order valence-corrected chi connectivity index (χ0v) is 10.2. The van der Waals surface area contributed by atoms with Gasteiger partial charge in [-0.1, -0.05) is 24.3 Å². The minimum Gasteiger partial charge on any atom is -0.382 e. The molecule has 0 saturated carbocycles. The molecule has 0 radical (unpaired) electrons. The van der Waals surface area contributed by atoms with Crippen LogP contribution in [-0.4, -0.2) is 21.0 Å². The van der Waals surface area contributed by atoms with Gasteiger partial charge in [0, 0.05) is 24.2 Å². The molecule has 0 aliphatic rings. The van der Waals surface area contributed by atoms with Crippen molar-refractivity contribution >= 4 is 16.7 Å². The monoisotopic (exact) mass is 251 g/mol. The first-order valence-electron chi connectivity index (χ1n) is 5.95. The molecule has 4 N–H and O–H groups in total. The van der Waals surface area contributed by atoms with Gasteiger partial charge in [0.2, 0.25) is 0 Å². The number of fused-ring (bicyclic) bond motifs is 1. The molecule has 0 amide bonds. The lowest BCUT2D eigenvalue weighted by atomic mass is 10.0. The van der Waals surface area contributed by atoms with Crippen molar-refractivity contribution in [3.05, 3.63) is 59.5 Å². The fourth-order valence-corrected chi connectivity index (χ4v) is 2.17. The Bertz CT molecular complexity index is 730. The highest BCUT2D eigenvalue weighted by Crippen LogP contribution is 2.21. The van der Waals surface area contributed by atoms with Crippen LogP contribution in [0.15, 0.2) is 42.7 Å². The van der Waals surface area contributed by atoms with E-state index in [2.05, 4.69) is 15.2 Å². The van der Waals surface area contributed by atoms with E-state index in [1.54, 1.807) is 6.20 Å². The van der Waals surface area contributed by atoms with Gasteiger partial charge in [0.25, 0.3) is 0 Å². The van der Waals surface area contributed by atoms with E-state index in [0.29, 0.717) is 5.69 Å². The fraction of sp³-hybridized carbons (Fsp3) is 0.0714. The van der Waals surface area contributed by atoms with Crippen LogP contribution in [0.25, 0.3) is 10.9 Å². The Hall–Kier alpha value is -2.69. The predicted molar refractivity (Wildman–Crippen MR) is 74.2 cm³/mol. The maximum absolute atomic E-state index is 7.52. The van der Waals surface area contributed by atoms with E-state index in [9.17, 15) is 0 Å². The first-order chi connectivity index (χ1) is 9.25. The summed E-state index contributed by atoms with van der Waals surface area (Å²) in [7, 11) is 0. The first kappa shape index (κ1) is 11.4. The van der Waals surface area contributed by atoms with Crippen LogP contribution in [0.5, 0.6) is 0 Å². The SMILES string of the molecule is N=C(N)c1[nH]nc2c(Cc3cccnc3)cccc12. The molecule has 2 aromatic heterocycles. The highest BCUT2D eigenvalue weighted by Gasteiger charge is 2.11. The van der Waals surface area contributed by atoms with Crippen LogP contribution in [0.2, 0.25) is 0 Å². The number of pyridine rings is 1.